The average Bonchev–Trinajstić information content (AvgIpc) is 2.98. The van der Waals surface area contributed by atoms with Crippen LogP contribution in [0.2, 0.25) is 0 Å². The molecule has 3 N–H and O–H groups in total. The van der Waals surface area contributed by atoms with Gasteiger partial charge in [-0.15, -0.1) is 24.0 Å². The van der Waals surface area contributed by atoms with Crippen molar-refractivity contribution in [3.63, 3.8) is 0 Å². The van der Waals surface area contributed by atoms with Crippen LogP contribution in [0, 0.1) is 5.92 Å². The van der Waals surface area contributed by atoms with Gasteiger partial charge in [-0.2, -0.15) is 0 Å². The Labute approximate surface area is 198 Å². The minimum atomic E-state index is -3.31. The van der Waals surface area contributed by atoms with E-state index >= 15 is 0 Å². The highest BCUT2D eigenvalue weighted by atomic mass is 127. The number of ether oxygens (including phenoxy) is 1. The molecule has 0 aromatic carbocycles. The summed E-state index contributed by atoms with van der Waals surface area (Å²) in [4.78, 5) is 18.5. The molecular formula is C19H38IN5O4S. The second-order valence-corrected chi connectivity index (χ2v) is 10.7. The van der Waals surface area contributed by atoms with Crippen LogP contribution >= 0.6 is 24.0 Å². The number of guanidine groups is 1. The van der Waals surface area contributed by atoms with Crippen molar-refractivity contribution in [2.24, 2.45) is 10.9 Å². The number of likely N-dealkylation sites (tertiary alicyclic amines) is 1. The van der Waals surface area contributed by atoms with Crippen LogP contribution in [0.25, 0.3) is 0 Å². The van der Waals surface area contributed by atoms with Crippen LogP contribution < -0.4 is 15.4 Å². The smallest absolute Gasteiger partial charge is 0.407 e. The number of nitrogens with one attached hydrogen (secondary N) is 3. The van der Waals surface area contributed by atoms with Crippen molar-refractivity contribution in [3.05, 3.63) is 0 Å². The molecule has 176 valence electrons. The number of rotatable bonds is 8. The summed E-state index contributed by atoms with van der Waals surface area (Å²) in [7, 11) is -3.31. The molecule has 1 saturated carbocycles. The van der Waals surface area contributed by atoms with E-state index in [-0.39, 0.29) is 42.3 Å². The fourth-order valence-corrected chi connectivity index (χ4v) is 4.22. The molecule has 0 aromatic heterocycles. The molecule has 1 amide bonds. The predicted octanol–water partition coefficient (Wildman–Crippen LogP) is 1.89. The van der Waals surface area contributed by atoms with E-state index < -0.39 is 21.7 Å². The van der Waals surface area contributed by atoms with E-state index in [0.717, 1.165) is 25.8 Å². The summed E-state index contributed by atoms with van der Waals surface area (Å²) in [5.41, 5.74) is -0.531. The molecule has 11 heteroatoms. The van der Waals surface area contributed by atoms with Crippen molar-refractivity contribution in [1.82, 2.24) is 20.3 Å². The van der Waals surface area contributed by atoms with E-state index in [1.807, 2.05) is 32.6 Å². The Bertz CT molecular complexity index is 677. The van der Waals surface area contributed by atoms with Gasteiger partial charge < -0.3 is 20.3 Å². The molecule has 0 radical (unpaired) electrons. The van der Waals surface area contributed by atoms with E-state index in [2.05, 4.69) is 20.3 Å². The lowest BCUT2D eigenvalue weighted by molar-refractivity contribution is 0.0507. The molecule has 1 atom stereocenters. The molecule has 9 nitrogen and oxygen atoms in total. The Hall–Kier alpha value is -0.820. The van der Waals surface area contributed by atoms with Crippen molar-refractivity contribution < 1.29 is 17.9 Å². The van der Waals surface area contributed by atoms with Gasteiger partial charge in [-0.3, -0.25) is 4.99 Å². The molecule has 0 bridgehead atoms. The number of carbonyl (C=O) groups is 1. The first-order valence-electron chi connectivity index (χ1n) is 10.6. The van der Waals surface area contributed by atoms with E-state index in [0.29, 0.717) is 31.5 Å². The van der Waals surface area contributed by atoms with E-state index in [1.54, 1.807) is 0 Å². The zero-order valence-electron chi connectivity index (χ0n) is 18.6. The highest BCUT2D eigenvalue weighted by Gasteiger charge is 2.28. The highest BCUT2D eigenvalue weighted by molar-refractivity contribution is 14.0. The number of aliphatic imine (C=N–C) groups is 1. The first kappa shape index (κ1) is 27.2. The maximum absolute atomic E-state index is 12.1. The van der Waals surface area contributed by atoms with Crippen molar-refractivity contribution >= 4 is 46.1 Å². The second kappa shape index (κ2) is 12.3. The standard InChI is InChI=1S/C19H37N5O4S.HI/c1-5-20-17(21-10-12-29(26,27)22-13-15-7-6-8-15)24-11-9-16(14-24)23-18(25)28-19(2,3)4;/h15-16,22H,5-14H2,1-4H3,(H,20,21)(H,23,25);1H. The molecule has 2 aliphatic rings. The molecule has 1 aliphatic heterocycles. The number of amides is 1. The number of sulfonamides is 1. The lowest BCUT2D eigenvalue weighted by Gasteiger charge is -2.25. The van der Waals surface area contributed by atoms with Crippen LogP contribution in [0.15, 0.2) is 4.99 Å². The summed E-state index contributed by atoms with van der Waals surface area (Å²) in [5.74, 6) is 1.14. The normalized spacial score (nSPS) is 20.3. The highest BCUT2D eigenvalue weighted by Crippen LogP contribution is 2.25. The number of hydrogen-bond donors (Lipinski definition) is 3. The predicted molar refractivity (Wildman–Crippen MR) is 130 cm³/mol. The number of halogens is 1. The first-order valence-corrected chi connectivity index (χ1v) is 12.2. The summed E-state index contributed by atoms with van der Waals surface area (Å²) >= 11 is 0. The largest absolute Gasteiger partial charge is 0.444 e. The van der Waals surface area contributed by atoms with Crippen molar-refractivity contribution in [2.45, 2.75) is 65.0 Å². The van der Waals surface area contributed by atoms with E-state index in [9.17, 15) is 13.2 Å². The fourth-order valence-electron chi connectivity index (χ4n) is 3.26. The molecule has 1 saturated heterocycles. The van der Waals surface area contributed by atoms with Crippen molar-refractivity contribution in [3.8, 4) is 0 Å². The monoisotopic (exact) mass is 559 g/mol. The first-order chi connectivity index (χ1) is 13.6. The summed E-state index contributed by atoms with van der Waals surface area (Å²) < 4.78 is 32.3. The van der Waals surface area contributed by atoms with Crippen molar-refractivity contribution in [2.75, 3.05) is 38.5 Å². The van der Waals surface area contributed by atoms with E-state index in [4.69, 9.17) is 4.74 Å². The molecule has 2 fully saturated rings. The molecule has 1 unspecified atom stereocenters. The third-order valence-electron chi connectivity index (χ3n) is 4.98. The third-order valence-corrected chi connectivity index (χ3v) is 6.31. The van der Waals surface area contributed by atoms with Gasteiger partial charge in [0.1, 0.15) is 5.60 Å². The quantitative estimate of drug-likeness (QED) is 0.238. The van der Waals surface area contributed by atoms with Crippen LogP contribution in [-0.2, 0) is 14.8 Å². The molecule has 1 aliphatic carbocycles. The maximum atomic E-state index is 12.1. The van der Waals surface area contributed by atoms with E-state index in [1.165, 1.54) is 6.42 Å². The Morgan fingerprint density at radius 2 is 1.93 bits per heavy atom. The molecule has 0 spiro atoms. The molecule has 1 heterocycles. The number of carbonyl (C=O) groups excluding carboxylic acids is 1. The van der Waals surface area contributed by atoms with Gasteiger partial charge in [0.2, 0.25) is 10.0 Å². The van der Waals surface area contributed by atoms with Crippen LogP contribution in [0.5, 0.6) is 0 Å². The number of alkyl carbamates (subject to hydrolysis) is 1. The van der Waals surface area contributed by atoms with Gasteiger partial charge in [0, 0.05) is 26.2 Å². The van der Waals surface area contributed by atoms with Crippen LogP contribution in [0.1, 0.15) is 53.4 Å². The lowest BCUT2D eigenvalue weighted by Crippen LogP contribution is -2.44. The zero-order chi connectivity index (χ0) is 21.5. The number of nitrogens with zero attached hydrogens (tertiary/aromatic N) is 2. The lowest BCUT2D eigenvalue weighted by atomic mass is 9.86. The van der Waals surface area contributed by atoms with Gasteiger partial charge in [0.15, 0.2) is 5.96 Å². The van der Waals surface area contributed by atoms with Gasteiger partial charge >= 0.3 is 6.09 Å². The summed E-state index contributed by atoms with van der Waals surface area (Å²) in [6, 6.07) is -0.0263. The maximum Gasteiger partial charge on any atom is 0.407 e. The minimum absolute atomic E-state index is 0. The van der Waals surface area contributed by atoms with Crippen LogP contribution in [0.4, 0.5) is 4.79 Å². The van der Waals surface area contributed by atoms with Gasteiger partial charge in [-0.05, 0) is 52.9 Å². The summed E-state index contributed by atoms with van der Waals surface area (Å²) in [6.45, 7) is 10.2. The van der Waals surface area contributed by atoms with Gasteiger partial charge in [-0.1, -0.05) is 6.42 Å². The van der Waals surface area contributed by atoms with Crippen LogP contribution in [0.3, 0.4) is 0 Å². The Morgan fingerprint density at radius 3 is 2.50 bits per heavy atom. The third kappa shape index (κ3) is 9.99. The van der Waals surface area contributed by atoms with Gasteiger partial charge in [-0.25, -0.2) is 17.9 Å². The summed E-state index contributed by atoms with van der Waals surface area (Å²) in [6.07, 6.45) is 3.78. The fraction of sp³-hybridized carbons (Fsp3) is 0.895. The van der Waals surface area contributed by atoms with Crippen molar-refractivity contribution in [1.29, 1.82) is 0 Å². The van der Waals surface area contributed by atoms with Gasteiger partial charge in [0.25, 0.3) is 0 Å². The van der Waals surface area contributed by atoms with Crippen LogP contribution in [-0.4, -0.2) is 75.5 Å². The Morgan fingerprint density at radius 1 is 1.23 bits per heavy atom. The average molecular weight is 560 g/mol. The Balaban J connectivity index is 0.00000450. The molecule has 2 rings (SSSR count). The minimum Gasteiger partial charge on any atom is -0.444 e. The molecule has 0 aromatic rings. The number of hydrogen-bond acceptors (Lipinski definition) is 5. The second-order valence-electron chi connectivity index (χ2n) is 8.78. The summed E-state index contributed by atoms with van der Waals surface area (Å²) in [5, 5.41) is 6.10. The topological polar surface area (TPSA) is 112 Å². The zero-order valence-corrected chi connectivity index (χ0v) is 21.7. The molecular weight excluding hydrogens is 521 g/mol. The van der Waals surface area contributed by atoms with Gasteiger partial charge in [0.05, 0.1) is 18.3 Å². The SMILES string of the molecule is CCNC(=NCCS(=O)(=O)NCC1CCC1)N1CCC(NC(=O)OC(C)(C)C)C1.I. The molecule has 30 heavy (non-hydrogen) atoms. The Kier molecular flexibility index (Phi) is 11.1.